The summed E-state index contributed by atoms with van der Waals surface area (Å²) in [7, 11) is 0. The number of carbonyl (C=O) groups is 1. The van der Waals surface area contributed by atoms with Gasteiger partial charge in [0.2, 0.25) is 0 Å². The zero-order valence-electron chi connectivity index (χ0n) is 15.2. The van der Waals surface area contributed by atoms with Crippen LogP contribution >= 0.6 is 0 Å². The van der Waals surface area contributed by atoms with E-state index in [1.165, 1.54) is 19.3 Å². The fourth-order valence-electron chi connectivity index (χ4n) is 2.63. The molecular weight excluding hydrogens is 320 g/mol. The molecule has 0 amide bonds. The predicted octanol–water partition coefficient (Wildman–Crippen LogP) is 4.90. The van der Waals surface area contributed by atoms with Gasteiger partial charge in [-0.25, -0.2) is 4.89 Å². The average Bonchev–Trinajstić information content (AvgIpc) is 3.33. The van der Waals surface area contributed by atoms with Gasteiger partial charge in [-0.2, -0.15) is 0 Å². The van der Waals surface area contributed by atoms with Crippen molar-refractivity contribution >= 4 is 5.97 Å². The number of epoxide rings is 1. The van der Waals surface area contributed by atoms with E-state index in [9.17, 15) is 4.79 Å². The van der Waals surface area contributed by atoms with E-state index in [0.29, 0.717) is 18.9 Å². The lowest BCUT2D eigenvalue weighted by atomic mass is 10.1. The normalized spacial score (nSPS) is 21.5. The fraction of sp³-hybridized carbons (Fsp3) is 0.650. The maximum atomic E-state index is 10.4. The monoisotopic (exact) mass is 352 g/mol. The number of carboxylic acids is 1. The highest BCUT2D eigenvalue weighted by Crippen LogP contribution is 2.31. The molecule has 0 spiro atoms. The van der Waals surface area contributed by atoms with E-state index in [1.807, 2.05) is 36.5 Å². The van der Waals surface area contributed by atoms with Crippen LogP contribution in [-0.4, -0.2) is 34.6 Å². The van der Waals surface area contributed by atoms with Crippen LogP contribution < -0.4 is 0 Å². The van der Waals surface area contributed by atoms with Gasteiger partial charge in [0.25, 0.3) is 0 Å². The van der Waals surface area contributed by atoms with Crippen molar-refractivity contribution in [3.63, 3.8) is 0 Å². The van der Waals surface area contributed by atoms with Crippen LogP contribution in [0, 0.1) is 0 Å². The second-order valence-electron chi connectivity index (χ2n) is 6.39. The molecule has 5 heteroatoms. The lowest BCUT2D eigenvalue weighted by Gasteiger charge is -2.05. The number of allylic oxidation sites excluding steroid dienone is 5. The predicted molar refractivity (Wildman–Crippen MR) is 98.4 cm³/mol. The van der Waals surface area contributed by atoms with Gasteiger partial charge >= 0.3 is 5.97 Å². The Balaban J connectivity index is 2.10. The molecule has 0 saturated carbocycles. The van der Waals surface area contributed by atoms with E-state index in [4.69, 9.17) is 15.1 Å². The van der Waals surface area contributed by atoms with Crippen molar-refractivity contribution in [2.45, 2.75) is 83.0 Å². The standard InChI is InChI=1S/C20H32O5/c1-2-3-10-14-18-19(24-18)16-17(25-23)13-11-8-6-4-5-7-9-12-15-20(21)22/h5-8,11,13,17-19,23H,2-4,9-10,12,14-16H2,1H3,(H,21,22)/b7-5-,8-6-,13-11+/t17-,18-,19+/m1/s1. The molecule has 0 aromatic heterocycles. The molecule has 142 valence electrons. The van der Waals surface area contributed by atoms with Gasteiger partial charge in [-0.3, -0.25) is 10.1 Å². The maximum Gasteiger partial charge on any atom is 0.303 e. The largest absolute Gasteiger partial charge is 0.481 e. The van der Waals surface area contributed by atoms with Crippen LogP contribution in [0.5, 0.6) is 0 Å². The van der Waals surface area contributed by atoms with Crippen molar-refractivity contribution in [2.75, 3.05) is 0 Å². The Kier molecular flexibility index (Phi) is 11.9. The van der Waals surface area contributed by atoms with Crippen molar-refractivity contribution < 1.29 is 24.8 Å². The average molecular weight is 352 g/mol. The summed E-state index contributed by atoms with van der Waals surface area (Å²) in [6.45, 7) is 2.19. The lowest BCUT2D eigenvalue weighted by Crippen LogP contribution is -2.11. The number of ether oxygens (including phenoxy) is 1. The second-order valence-corrected chi connectivity index (χ2v) is 6.39. The molecule has 0 radical (unpaired) electrons. The minimum atomic E-state index is -0.747. The van der Waals surface area contributed by atoms with Crippen LogP contribution in [-0.2, 0) is 14.4 Å². The highest BCUT2D eigenvalue weighted by atomic mass is 17.1. The van der Waals surface area contributed by atoms with E-state index in [-0.39, 0.29) is 18.6 Å². The van der Waals surface area contributed by atoms with Crippen LogP contribution in [0.15, 0.2) is 36.5 Å². The third-order valence-corrected chi connectivity index (χ3v) is 4.15. The molecular formula is C20H32O5. The molecule has 1 aliphatic rings. The Labute approximate surface area is 151 Å². The molecule has 1 fully saturated rings. The topological polar surface area (TPSA) is 79.3 Å². The summed E-state index contributed by atoms with van der Waals surface area (Å²) >= 11 is 0. The first kappa shape index (κ1) is 21.6. The Bertz CT molecular complexity index is 441. The van der Waals surface area contributed by atoms with E-state index in [0.717, 1.165) is 19.3 Å². The van der Waals surface area contributed by atoms with Crippen LogP contribution in [0.2, 0.25) is 0 Å². The number of unbranched alkanes of at least 4 members (excludes halogenated alkanes) is 3. The summed E-state index contributed by atoms with van der Waals surface area (Å²) in [6, 6.07) is 0. The first-order valence-electron chi connectivity index (χ1n) is 9.33. The van der Waals surface area contributed by atoms with Crippen LogP contribution in [0.4, 0.5) is 0 Å². The molecule has 1 saturated heterocycles. The first-order chi connectivity index (χ1) is 12.2. The third-order valence-electron chi connectivity index (χ3n) is 4.15. The van der Waals surface area contributed by atoms with Crippen LogP contribution in [0.25, 0.3) is 0 Å². The third kappa shape index (κ3) is 11.7. The second kappa shape index (κ2) is 13.8. The SMILES string of the molecule is CCCCC[C@H]1O[C@H]1C[C@@H](/C=C/C=C\C/C=C\CCCC(=O)O)OO. The number of aliphatic carboxylic acids is 1. The highest BCUT2D eigenvalue weighted by molar-refractivity contribution is 5.66. The summed E-state index contributed by atoms with van der Waals surface area (Å²) in [5, 5.41) is 17.5. The number of hydrogen-bond donors (Lipinski definition) is 2. The van der Waals surface area contributed by atoms with E-state index < -0.39 is 5.97 Å². The van der Waals surface area contributed by atoms with E-state index in [2.05, 4.69) is 11.8 Å². The van der Waals surface area contributed by atoms with E-state index in [1.54, 1.807) is 0 Å². The zero-order chi connectivity index (χ0) is 18.3. The van der Waals surface area contributed by atoms with Crippen molar-refractivity contribution in [1.82, 2.24) is 0 Å². The summed E-state index contributed by atoms with van der Waals surface area (Å²) in [6.07, 6.45) is 19.8. The number of rotatable bonds is 15. The summed E-state index contributed by atoms with van der Waals surface area (Å²) in [5.41, 5.74) is 0. The van der Waals surface area contributed by atoms with Crippen LogP contribution in [0.1, 0.15) is 64.7 Å². The minimum Gasteiger partial charge on any atom is -0.481 e. The molecule has 1 aliphatic heterocycles. The van der Waals surface area contributed by atoms with Crippen molar-refractivity contribution in [3.8, 4) is 0 Å². The smallest absolute Gasteiger partial charge is 0.303 e. The summed E-state index contributed by atoms with van der Waals surface area (Å²) < 4.78 is 5.61. The fourth-order valence-corrected chi connectivity index (χ4v) is 2.63. The van der Waals surface area contributed by atoms with Gasteiger partial charge in [0.1, 0.15) is 6.10 Å². The van der Waals surface area contributed by atoms with Gasteiger partial charge in [-0.05, 0) is 25.7 Å². The van der Waals surface area contributed by atoms with Crippen molar-refractivity contribution in [1.29, 1.82) is 0 Å². The molecule has 0 unspecified atom stereocenters. The Morgan fingerprint density at radius 2 is 2.00 bits per heavy atom. The van der Waals surface area contributed by atoms with Gasteiger partial charge in [-0.15, -0.1) is 0 Å². The molecule has 5 nitrogen and oxygen atoms in total. The van der Waals surface area contributed by atoms with Crippen molar-refractivity contribution in [2.24, 2.45) is 0 Å². The minimum absolute atomic E-state index is 0.205. The summed E-state index contributed by atoms with van der Waals surface area (Å²) in [5.74, 6) is -0.747. The van der Waals surface area contributed by atoms with Gasteiger partial charge in [-0.1, -0.05) is 62.6 Å². The van der Waals surface area contributed by atoms with Crippen LogP contribution in [0.3, 0.4) is 0 Å². The molecule has 0 aromatic carbocycles. The molecule has 0 aromatic rings. The Morgan fingerprint density at radius 1 is 1.16 bits per heavy atom. The zero-order valence-corrected chi connectivity index (χ0v) is 15.2. The molecule has 0 bridgehead atoms. The summed E-state index contributed by atoms with van der Waals surface area (Å²) in [4.78, 5) is 14.9. The molecule has 2 N–H and O–H groups in total. The quantitative estimate of drug-likeness (QED) is 0.109. The Morgan fingerprint density at radius 3 is 2.72 bits per heavy atom. The van der Waals surface area contributed by atoms with Crippen molar-refractivity contribution in [3.05, 3.63) is 36.5 Å². The highest BCUT2D eigenvalue weighted by Gasteiger charge is 2.39. The maximum absolute atomic E-state index is 10.4. The van der Waals surface area contributed by atoms with Gasteiger partial charge in [0, 0.05) is 12.8 Å². The number of hydrogen-bond acceptors (Lipinski definition) is 4. The molecule has 0 aliphatic carbocycles. The van der Waals surface area contributed by atoms with Gasteiger partial charge in [0.15, 0.2) is 0 Å². The van der Waals surface area contributed by atoms with Gasteiger partial charge in [0.05, 0.1) is 12.2 Å². The van der Waals surface area contributed by atoms with E-state index >= 15 is 0 Å². The number of carboxylic acid groups (broad SMARTS) is 1. The Hall–Kier alpha value is -1.43. The molecule has 1 rings (SSSR count). The lowest BCUT2D eigenvalue weighted by molar-refractivity contribution is -0.267. The first-order valence-corrected chi connectivity index (χ1v) is 9.33. The molecule has 25 heavy (non-hydrogen) atoms. The molecule has 3 atom stereocenters. The van der Waals surface area contributed by atoms with Gasteiger partial charge < -0.3 is 9.84 Å². The molecule has 1 heterocycles.